The van der Waals surface area contributed by atoms with Crippen LogP contribution in [0.2, 0.25) is 0 Å². The zero-order valence-electron chi connectivity index (χ0n) is 14.2. The minimum Gasteiger partial charge on any atom is -0.385 e. The Balaban J connectivity index is 1.73. The van der Waals surface area contributed by atoms with Gasteiger partial charge >= 0.3 is 0 Å². The van der Waals surface area contributed by atoms with Gasteiger partial charge in [0, 0.05) is 11.5 Å². The van der Waals surface area contributed by atoms with Gasteiger partial charge in [0.15, 0.2) is 11.6 Å². The number of aliphatic hydroxyl groups is 1. The fraction of sp³-hybridized carbons (Fsp3) is 0.105. The first-order valence-corrected chi connectivity index (χ1v) is 8.23. The minimum atomic E-state index is -0.832. The van der Waals surface area contributed by atoms with Crippen LogP contribution in [0, 0.1) is 11.6 Å². The Hall–Kier alpha value is -3.39. The number of fused-ring (bicyclic) bond motifs is 1. The molecule has 0 fully saturated rings. The molecule has 8 heteroatoms. The number of aromatic nitrogens is 5. The molecule has 2 aromatic carbocycles. The number of hydrogen-bond acceptors (Lipinski definition) is 4. The average molecular weight is 367 g/mol. The van der Waals surface area contributed by atoms with Crippen molar-refractivity contribution in [3.8, 4) is 11.4 Å². The fourth-order valence-corrected chi connectivity index (χ4v) is 2.69. The van der Waals surface area contributed by atoms with E-state index >= 15 is 0 Å². The highest BCUT2D eigenvalue weighted by atomic mass is 19.1. The van der Waals surface area contributed by atoms with E-state index < -0.39 is 11.9 Å². The molecule has 0 radical (unpaired) electrons. The van der Waals surface area contributed by atoms with E-state index in [4.69, 9.17) is 0 Å². The molecular formula is C19H15F2N5O. The van der Waals surface area contributed by atoms with E-state index in [2.05, 4.69) is 25.4 Å². The van der Waals surface area contributed by atoms with Crippen LogP contribution in [0.4, 0.5) is 8.78 Å². The number of benzene rings is 2. The molecule has 0 aliphatic rings. The lowest BCUT2D eigenvalue weighted by molar-refractivity contribution is 0.189. The average Bonchev–Trinajstić information content (AvgIpc) is 3.27. The SMILES string of the molecule is CC(O)c1nc(-c2cc3c(C=Cc4ccc(F)cc4)n[nH]c3cc2F)n[nH]1. The monoisotopic (exact) mass is 367 g/mol. The number of hydrogen-bond donors (Lipinski definition) is 3. The van der Waals surface area contributed by atoms with Crippen LogP contribution in [0.5, 0.6) is 0 Å². The molecule has 0 saturated heterocycles. The number of H-pyrrole nitrogens is 2. The van der Waals surface area contributed by atoms with Crippen molar-refractivity contribution >= 4 is 23.1 Å². The summed E-state index contributed by atoms with van der Waals surface area (Å²) in [6.45, 7) is 1.54. The van der Waals surface area contributed by atoms with Crippen LogP contribution < -0.4 is 0 Å². The van der Waals surface area contributed by atoms with Crippen molar-refractivity contribution in [3.63, 3.8) is 0 Å². The Kier molecular flexibility index (Phi) is 4.25. The molecule has 4 aromatic rings. The highest BCUT2D eigenvalue weighted by Gasteiger charge is 2.16. The van der Waals surface area contributed by atoms with Crippen LogP contribution in [0.15, 0.2) is 36.4 Å². The molecular weight excluding hydrogens is 352 g/mol. The molecule has 2 aromatic heterocycles. The summed E-state index contributed by atoms with van der Waals surface area (Å²) < 4.78 is 27.5. The number of nitrogens with one attached hydrogen (secondary N) is 2. The summed E-state index contributed by atoms with van der Waals surface area (Å²) in [7, 11) is 0. The molecule has 0 amide bonds. The van der Waals surface area contributed by atoms with Crippen molar-refractivity contribution in [2.24, 2.45) is 0 Å². The molecule has 2 heterocycles. The van der Waals surface area contributed by atoms with Gasteiger partial charge in [0.25, 0.3) is 0 Å². The van der Waals surface area contributed by atoms with Gasteiger partial charge in [-0.1, -0.05) is 18.2 Å². The van der Waals surface area contributed by atoms with Crippen molar-refractivity contribution in [2.75, 3.05) is 0 Å². The zero-order valence-corrected chi connectivity index (χ0v) is 14.2. The molecule has 0 bridgehead atoms. The number of aromatic amines is 2. The molecule has 0 aliphatic carbocycles. The third kappa shape index (κ3) is 3.34. The summed E-state index contributed by atoms with van der Waals surface area (Å²) in [5, 5.41) is 23.8. The van der Waals surface area contributed by atoms with E-state index in [0.29, 0.717) is 16.6 Å². The van der Waals surface area contributed by atoms with Crippen LogP contribution in [0.3, 0.4) is 0 Å². The molecule has 0 spiro atoms. The molecule has 0 aliphatic heterocycles. The first kappa shape index (κ1) is 17.0. The molecule has 27 heavy (non-hydrogen) atoms. The Morgan fingerprint density at radius 3 is 2.52 bits per heavy atom. The van der Waals surface area contributed by atoms with Crippen LogP contribution in [0.25, 0.3) is 34.4 Å². The summed E-state index contributed by atoms with van der Waals surface area (Å²) >= 11 is 0. The van der Waals surface area contributed by atoms with Crippen molar-refractivity contribution < 1.29 is 13.9 Å². The third-order valence-corrected chi connectivity index (χ3v) is 4.12. The van der Waals surface area contributed by atoms with Gasteiger partial charge in [0.05, 0.1) is 16.8 Å². The number of nitrogens with zero attached hydrogens (tertiary/aromatic N) is 3. The maximum atomic E-state index is 14.5. The normalized spacial score (nSPS) is 12.9. The second kappa shape index (κ2) is 6.73. The number of rotatable bonds is 4. The smallest absolute Gasteiger partial charge is 0.184 e. The van der Waals surface area contributed by atoms with Crippen LogP contribution in [-0.2, 0) is 0 Å². The van der Waals surface area contributed by atoms with E-state index in [1.807, 2.05) is 0 Å². The minimum absolute atomic E-state index is 0.153. The number of aliphatic hydroxyl groups excluding tert-OH is 1. The Morgan fingerprint density at radius 2 is 1.81 bits per heavy atom. The van der Waals surface area contributed by atoms with Gasteiger partial charge in [0.1, 0.15) is 17.7 Å². The summed E-state index contributed by atoms with van der Waals surface area (Å²) in [6.07, 6.45) is 2.71. The molecule has 0 saturated carbocycles. The van der Waals surface area contributed by atoms with Crippen molar-refractivity contribution in [3.05, 3.63) is 65.1 Å². The molecule has 1 atom stereocenters. The summed E-state index contributed by atoms with van der Waals surface area (Å²) in [6, 6.07) is 8.98. The van der Waals surface area contributed by atoms with Crippen molar-refractivity contribution in [1.82, 2.24) is 25.4 Å². The van der Waals surface area contributed by atoms with E-state index in [0.717, 1.165) is 5.56 Å². The Bertz CT molecular complexity index is 1130. The Labute approximate surface area is 152 Å². The predicted molar refractivity (Wildman–Crippen MR) is 97.4 cm³/mol. The third-order valence-electron chi connectivity index (χ3n) is 4.12. The maximum Gasteiger partial charge on any atom is 0.184 e. The van der Waals surface area contributed by atoms with Gasteiger partial charge in [-0.25, -0.2) is 13.8 Å². The number of halogens is 2. The standard InChI is InChI=1S/C19H15F2N5O/c1-10(27)18-22-19(26-25-18)13-8-14-16(23-24-17(14)9-15(13)21)7-4-11-2-5-12(20)6-3-11/h2-10,27H,1H3,(H,23,24)(H,22,25,26). The maximum absolute atomic E-state index is 14.5. The van der Waals surface area contributed by atoms with Gasteiger partial charge in [-0.15, -0.1) is 0 Å². The van der Waals surface area contributed by atoms with Crippen LogP contribution >= 0.6 is 0 Å². The highest BCUT2D eigenvalue weighted by Crippen LogP contribution is 2.28. The molecule has 136 valence electrons. The van der Waals surface area contributed by atoms with Crippen LogP contribution in [-0.4, -0.2) is 30.5 Å². The topological polar surface area (TPSA) is 90.5 Å². The predicted octanol–water partition coefficient (Wildman–Crippen LogP) is 3.85. The van der Waals surface area contributed by atoms with E-state index in [1.165, 1.54) is 25.1 Å². The van der Waals surface area contributed by atoms with Gasteiger partial charge in [-0.05, 0) is 36.8 Å². The van der Waals surface area contributed by atoms with E-state index in [9.17, 15) is 13.9 Å². The summed E-state index contributed by atoms with van der Waals surface area (Å²) in [5.74, 6) is -0.398. The first-order valence-electron chi connectivity index (χ1n) is 8.23. The zero-order chi connectivity index (χ0) is 19.0. The van der Waals surface area contributed by atoms with Crippen molar-refractivity contribution in [2.45, 2.75) is 13.0 Å². The molecule has 3 N–H and O–H groups in total. The first-order chi connectivity index (χ1) is 13.0. The highest BCUT2D eigenvalue weighted by molar-refractivity contribution is 5.92. The van der Waals surface area contributed by atoms with Crippen LogP contribution in [0.1, 0.15) is 30.1 Å². The molecule has 6 nitrogen and oxygen atoms in total. The molecule has 1 unspecified atom stereocenters. The Morgan fingerprint density at radius 1 is 1.04 bits per heavy atom. The van der Waals surface area contributed by atoms with Crippen molar-refractivity contribution in [1.29, 1.82) is 0 Å². The van der Waals surface area contributed by atoms with Gasteiger partial charge in [0.2, 0.25) is 0 Å². The van der Waals surface area contributed by atoms with Gasteiger partial charge in [-0.2, -0.15) is 10.2 Å². The van der Waals surface area contributed by atoms with Gasteiger partial charge in [-0.3, -0.25) is 10.2 Å². The van der Waals surface area contributed by atoms with E-state index in [-0.39, 0.29) is 23.0 Å². The quantitative estimate of drug-likeness (QED) is 0.511. The second-order valence-electron chi connectivity index (χ2n) is 6.09. The lowest BCUT2D eigenvalue weighted by Crippen LogP contribution is -1.93. The lowest BCUT2D eigenvalue weighted by atomic mass is 10.1. The largest absolute Gasteiger partial charge is 0.385 e. The summed E-state index contributed by atoms with van der Waals surface area (Å²) in [4.78, 5) is 4.12. The summed E-state index contributed by atoms with van der Waals surface area (Å²) in [5.41, 5.74) is 2.14. The van der Waals surface area contributed by atoms with E-state index in [1.54, 1.807) is 30.4 Å². The second-order valence-corrected chi connectivity index (χ2v) is 6.09. The molecule has 4 rings (SSSR count). The lowest BCUT2D eigenvalue weighted by Gasteiger charge is -2.00. The fourth-order valence-electron chi connectivity index (χ4n) is 2.69. The van der Waals surface area contributed by atoms with Gasteiger partial charge < -0.3 is 5.11 Å².